The summed E-state index contributed by atoms with van der Waals surface area (Å²) < 4.78 is 21.1. The van der Waals surface area contributed by atoms with Crippen LogP contribution in [0.1, 0.15) is 42.0 Å². The minimum atomic E-state index is -0.274. The van der Waals surface area contributed by atoms with Gasteiger partial charge in [-0.2, -0.15) is 0 Å². The zero-order chi connectivity index (χ0) is 30.5. The average Bonchev–Trinajstić information content (AvgIpc) is 3.05. The molecule has 0 aliphatic heterocycles. The van der Waals surface area contributed by atoms with E-state index in [9.17, 15) is 0 Å². The Labute approximate surface area is 260 Å². The number of ether oxygens (including phenoxy) is 1. The van der Waals surface area contributed by atoms with E-state index in [1.165, 1.54) is 22.3 Å². The molecule has 216 valence electrons. The normalized spacial score (nSPS) is 10.8. The molecule has 0 spiro atoms. The first-order chi connectivity index (χ1) is 21.5. The van der Waals surface area contributed by atoms with Crippen molar-refractivity contribution in [3.63, 3.8) is 0 Å². The zero-order valence-corrected chi connectivity index (χ0v) is 25.5. The SMILES string of the molecule is CCCCOc1ccc(C#Cc2cc(F)c(-c3ccc4cc(-c5ccc(-c6ccc(C)cc6)cc5)ccc4c3)cc2C)cc1. The summed E-state index contributed by atoms with van der Waals surface area (Å²) in [5, 5.41) is 2.20. The van der Waals surface area contributed by atoms with E-state index in [0.29, 0.717) is 17.7 Å². The summed E-state index contributed by atoms with van der Waals surface area (Å²) in [5.74, 6) is 6.89. The topological polar surface area (TPSA) is 9.23 Å². The highest BCUT2D eigenvalue weighted by Crippen LogP contribution is 2.32. The van der Waals surface area contributed by atoms with Gasteiger partial charge in [-0.05, 0) is 113 Å². The van der Waals surface area contributed by atoms with Gasteiger partial charge in [-0.3, -0.25) is 0 Å². The van der Waals surface area contributed by atoms with Crippen LogP contribution in [-0.4, -0.2) is 6.61 Å². The fourth-order valence-corrected chi connectivity index (χ4v) is 5.34. The molecule has 0 aliphatic rings. The Morgan fingerprint density at radius 1 is 0.591 bits per heavy atom. The van der Waals surface area contributed by atoms with Crippen LogP contribution in [0.5, 0.6) is 5.75 Å². The van der Waals surface area contributed by atoms with Gasteiger partial charge < -0.3 is 4.74 Å². The first-order valence-corrected chi connectivity index (χ1v) is 15.2. The molecule has 0 amide bonds. The maximum Gasteiger partial charge on any atom is 0.132 e. The van der Waals surface area contributed by atoms with E-state index in [-0.39, 0.29) is 5.82 Å². The lowest BCUT2D eigenvalue weighted by atomic mass is 9.95. The highest BCUT2D eigenvalue weighted by molar-refractivity contribution is 5.91. The van der Waals surface area contributed by atoms with E-state index < -0.39 is 0 Å². The number of rotatable bonds is 7. The highest BCUT2D eigenvalue weighted by atomic mass is 19.1. The van der Waals surface area contributed by atoms with Crippen molar-refractivity contribution in [1.82, 2.24) is 0 Å². The maximum absolute atomic E-state index is 15.4. The van der Waals surface area contributed by atoms with Crippen LogP contribution in [0.3, 0.4) is 0 Å². The van der Waals surface area contributed by atoms with Gasteiger partial charge in [-0.1, -0.05) is 104 Å². The minimum Gasteiger partial charge on any atom is -0.494 e. The Balaban J connectivity index is 1.20. The Morgan fingerprint density at radius 3 is 1.82 bits per heavy atom. The van der Waals surface area contributed by atoms with Gasteiger partial charge in [0.15, 0.2) is 0 Å². The molecule has 0 fully saturated rings. The summed E-state index contributed by atoms with van der Waals surface area (Å²) in [4.78, 5) is 0. The standard InChI is InChI=1S/C42H35FO/c1-4-5-24-44-40-22-9-31(10-23-40)8-13-35-28-42(43)41(25-30(35)3)39-21-20-37-26-36(18-19-38(37)27-39)34-16-14-33(15-17-34)32-11-6-29(2)7-12-32/h6-7,9-12,14-23,25-28H,4-5,24H2,1-3H3. The molecule has 0 radical (unpaired) electrons. The van der Waals surface area contributed by atoms with Gasteiger partial charge >= 0.3 is 0 Å². The van der Waals surface area contributed by atoms with Crippen LogP contribution >= 0.6 is 0 Å². The first kappa shape index (κ1) is 29.0. The van der Waals surface area contributed by atoms with Gasteiger partial charge in [-0.25, -0.2) is 4.39 Å². The number of hydrogen-bond donors (Lipinski definition) is 0. The van der Waals surface area contributed by atoms with Gasteiger partial charge in [0.05, 0.1) is 6.61 Å². The lowest BCUT2D eigenvalue weighted by Gasteiger charge is -2.10. The lowest BCUT2D eigenvalue weighted by Crippen LogP contribution is -1.95. The van der Waals surface area contributed by atoms with Gasteiger partial charge in [0.1, 0.15) is 11.6 Å². The van der Waals surface area contributed by atoms with Crippen molar-refractivity contribution in [2.45, 2.75) is 33.6 Å². The predicted molar refractivity (Wildman–Crippen MR) is 183 cm³/mol. The number of hydrogen-bond acceptors (Lipinski definition) is 1. The van der Waals surface area contributed by atoms with Crippen molar-refractivity contribution in [1.29, 1.82) is 0 Å². The van der Waals surface area contributed by atoms with Gasteiger partial charge in [-0.15, -0.1) is 0 Å². The Bertz CT molecular complexity index is 1970. The third kappa shape index (κ3) is 6.59. The monoisotopic (exact) mass is 574 g/mol. The van der Waals surface area contributed by atoms with Crippen molar-refractivity contribution < 1.29 is 9.13 Å². The summed E-state index contributed by atoms with van der Waals surface area (Å²) in [7, 11) is 0. The maximum atomic E-state index is 15.4. The lowest BCUT2D eigenvalue weighted by molar-refractivity contribution is 0.309. The van der Waals surface area contributed by atoms with Crippen molar-refractivity contribution >= 4 is 10.8 Å². The molecule has 6 rings (SSSR count). The number of benzene rings is 6. The van der Waals surface area contributed by atoms with Crippen LogP contribution in [0.4, 0.5) is 4.39 Å². The minimum absolute atomic E-state index is 0.274. The fourth-order valence-electron chi connectivity index (χ4n) is 5.34. The number of aryl methyl sites for hydroxylation is 2. The largest absolute Gasteiger partial charge is 0.494 e. The molecule has 0 aliphatic carbocycles. The van der Waals surface area contributed by atoms with Crippen LogP contribution in [-0.2, 0) is 0 Å². The molecular weight excluding hydrogens is 539 g/mol. The molecule has 0 aromatic heterocycles. The molecular formula is C42H35FO. The van der Waals surface area contributed by atoms with E-state index in [1.54, 1.807) is 6.07 Å². The van der Waals surface area contributed by atoms with Gasteiger partial charge in [0.2, 0.25) is 0 Å². The first-order valence-electron chi connectivity index (χ1n) is 15.2. The van der Waals surface area contributed by atoms with Gasteiger partial charge in [0, 0.05) is 16.7 Å². The molecule has 2 heteroatoms. The molecule has 0 bridgehead atoms. The zero-order valence-electron chi connectivity index (χ0n) is 25.5. The smallest absolute Gasteiger partial charge is 0.132 e. The van der Waals surface area contributed by atoms with Crippen LogP contribution in [0, 0.1) is 31.5 Å². The Kier molecular flexibility index (Phi) is 8.57. The molecule has 0 unspecified atom stereocenters. The molecule has 1 nitrogen and oxygen atoms in total. The van der Waals surface area contributed by atoms with Crippen LogP contribution in [0.2, 0.25) is 0 Å². The highest BCUT2D eigenvalue weighted by Gasteiger charge is 2.10. The van der Waals surface area contributed by atoms with Crippen molar-refractivity contribution in [3.8, 4) is 51.0 Å². The van der Waals surface area contributed by atoms with Gasteiger partial charge in [0.25, 0.3) is 0 Å². The van der Waals surface area contributed by atoms with E-state index in [2.05, 4.69) is 105 Å². The predicted octanol–water partition coefficient (Wildman–Crippen LogP) is 11.2. The van der Waals surface area contributed by atoms with E-state index in [1.807, 2.05) is 43.3 Å². The van der Waals surface area contributed by atoms with Crippen LogP contribution in [0.25, 0.3) is 44.2 Å². The van der Waals surface area contributed by atoms with Crippen molar-refractivity contribution in [2.24, 2.45) is 0 Å². The average molecular weight is 575 g/mol. The second-order valence-electron chi connectivity index (χ2n) is 11.3. The third-order valence-electron chi connectivity index (χ3n) is 8.03. The second kappa shape index (κ2) is 13.0. The van der Waals surface area contributed by atoms with Crippen molar-refractivity contribution in [2.75, 3.05) is 6.61 Å². The Hall–Kier alpha value is -5.13. The van der Waals surface area contributed by atoms with Crippen LogP contribution in [0.15, 0.2) is 121 Å². The molecule has 44 heavy (non-hydrogen) atoms. The number of fused-ring (bicyclic) bond motifs is 1. The van der Waals surface area contributed by atoms with E-state index in [0.717, 1.165) is 51.6 Å². The molecule has 0 heterocycles. The molecule has 6 aromatic carbocycles. The number of halogens is 1. The Morgan fingerprint density at radius 2 is 1.16 bits per heavy atom. The molecule has 0 N–H and O–H groups in total. The third-order valence-corrected chi connectivity index (χ3v) is 8.03. The van der Waals surface area contributed by atoms with Crippen molar-refractivity contribution in [3.05, 3.63) is 149 Å². The quantitative estimate of drug-likeness (QED) is 0.136. The summed E-state index contributed by atoms with van der Waals surface area (Å²) in [5.41, 5.74) is 9.94. The molecule has 0 atom stereocenters. The van der Waals surface area contributed by atoms with Crippen LogP contribution < -0.4 is 4.74 Å². The number of unbranched alkanes of at least 4 members (excludes halogenated alkanes) is 1. The molecule has 6 aromatic rings. The summed E-state index contributed by atoms with van der Waals surface area (Å²) in [6, 6.07) is 41.1. The summed E-state index contributed by atoms with van der Waals surface area (Å²) in [6.45, 7) is 6.94. The van der Waals surface area contributed by atoms with E-state index >= 15 is 4.39 Å². The fraction of sp³-hybridized carbons (Fsp3) is 0.143. The molecule has 0 saturated carbocycles. The summed E-state index contributed by atoms with van der Waals surface area (Å²) in [6.07, 6.45) is 2.14. The molecule has 0 saturated heterocycles. The van der Waals surface area contributed by atoms with E-state index in [4.69, 9.17) is 4.74 Å². The summed E-state index contributed by atoms with van der Waals surface area (Å²) >= 11 is 0. The second-order valence-corrected chi connectivity index (χ2v) is 11.3.